The molecular formula is C16H12BrFN2O4. The molecule has 0 radical (unpaired) electrons. The lowest BCUT2D eigenvalue weighted by Gasteiger charge is -2.15. The molecule has 1 atom stereocenters. The molecule has 0 saturated carbocycles. The third-order valence-corrected chi connectivity index (χ3v) is 3.87. The second-order valence-electron chi connectivity index (χ2n) is 5.05. The zero-order chi connectivity index (χ0) is 17.3. The van der Waals surface area contributed by atoms with Crippen LogP contribution in [0, 0.1) is 5.82 Å². The number of H-pyrrole nitrogens is 1. The van der Waals surface area contributed by atoms with Gasteiger partial charge in [0.2, 0.25) is 0 Å². The predicted octanol–water partition coefficient (Wildman–Crippen LogP) is 3.43. The van der Waals surface area contributed by atoms with Gasteiger partial charge in [0.15, 0.2) is 11.7 Å². The summed E-state index contributed by atoms with van der Waals surface area (Å²) in [4.78, 5) is 25.9. The first-order chi connectivity index (χ1) is 11.4. The Morgan fingerprint density at radius 2 is 2.12 bits per heavy atom. The number of amides is 1. The topological polar surface area (TPSA) is 84.3 Å². The van der Waals surface area contributed by atoms with Crippen LogP contribution in [0.15, 0.2) is 50.1 Å². The number of oxazole rings is 1. The lowest BCUT2D eigenvalue weighted by molar-refractivity contribution is -0.122. The Kier molecular flexibility index (Phi) is 4.39. The van der Waals surface area contributed by atoms with Gasteiger partial charge in [-0.05, 0) is 59.3 Å². The van der Waals surface area contributed by atoms with Crippen molar-refractivity contribution in [1.29, 1.82) is 0 Å². The van der Waals surface area contributed by atoms with E-state index in [0.717, 1.165) is 0 Å². The van der Waals surface area contributed by atoms with Crippen molar-refractivity contribution in [3.8, 4) is 5.75 Å². The molecule has 3 aromatic rings. The maximum atomic E-state index is 13.1. The lowest BCUT2D eigenvalue weighted by atomic mass is 10.2. The molecule has 3 rings (SSSR count). The average Bonchev–Trinajstić information content (AvgIpc) is 2.89. The van der Waals surface area contributed by atoms with Crippen LogP contribution >= 0.6 is 15.9 Å². The molecule has 1 aromatic heterocycles. The molecule has 0 aliphatic carbocycles. The highest BCUT2D eigenvalue weighted by Crippen LogP contribution is 2.26. The normalized spacial score (nSPS) is 12.1. The van der Waals surface area contributed by atoms with E-state index in [1.165, 1.54) is 18.2 Å². The standard InChI is InChI=1S/C16H12BrFN2O4/c1-8(23-13-4-2-9(18)6-11(13)17)15(21)19-10-3-5-14-12(7-10)20-16(22)24-14/h2-8H,1H3,(H,19,21)(H,20,22). The minimum atomic E-state index is -0.814. The number of anilines is 1. The van der Waals surface area contributed by atoms with Gasteiger partial charge in [-0.2, -0.15) is 0 Å². The van der Waals surface area contributed by atoms with Gasteiger partial charge in [-0.15, -0.1) is 0 Å². The highest BCUT2D eigenvalue weighted by molar-refractivity contribution is 9.10. The second kappa shape index (κ2) is 6.48. The number of halogens is 2. The van der Waals surface area contributed by atoms with Gasteiger partial charge in [-0.25, -0.2) is 9.18 Å². The molecule has 1 heterocycles. The Balaban J connectivity index is 1.71. The number of carbonyl (C=O) groups excluding carboxylic acids is 1. The van der Waals surface area contributed by atoms with Gasteiger partial charge >= 0.3 is 5.76 Å². The average molecular weight is 395 g/mol. The third-order valence-electron chi connectivity index (χ3n) is 3.25. The Hall–Kier alpha value is -2.61. The van der Waals surface area contributed by atoms with Crippen LogP contribution in [0.4, 0.5) is 10.1 Å². The fourth-order valence-electron chi connectivity index (χ4n) is 2.09. The molecule has 24 heavy (non-hydrogen) atoms. The molecule has 6 nitrogen and oxygen atoms in total. The Labute approximate surface area is 143 Å². The molecule has 124 valence electrons. The number of benzene rings is 2. The number of hydrogen-bond acceptors (Lipinski definition) is 4. The number of hydrogen-bond donors (Lipinski definition) is 2. The summed E-state index contributed by atoms with van der Waals surface area (Å²) in [5.41, 5.74) is 1.36. The van der Waals surface area contributed by atoms with E-state index >= 15 is 0 Å². The predicted molar refractivity (Wildman–Crippen MR) is 89.7 cm³/mol. The molecule has 0 aliphatic heterocycles. The van der Waals surface area contributed by atoms with E-state index in [0.29, 0.717) is 27.0 Å². The molecule has 0 fully saturated rings. The van der Waals surface area contributed by atoms with E-state index in [-0.39, 0.29) is 0 Å². The number of aromatic amines is 1. The number of aromatic nitrogens is 1. The van der Waals surface area contributed by atoms with Crippen LogP contribution in [0.25, 0.3) is 11.1 Å². The van der Waals surface area contributed by atoms with Crippen LogP contribution in [0.1, 0.15) is 6.92 Å². The van der Waals surface area contributed by atoms with Crippen LogP contribution in [-0.2, 0) is 4.79 Å². The van der Waals surface area contributed by atoms with Crippen molar-refractivity contribution in [2.24, 2.45) is 0 Å². The largest absolute Gasteiger partial charge is 0.480 e. The van der Waals surface area contributed by atoms with Crippen LogP contribution in [-0.4, -0.2) is 17.0 Å². The fraction of sp³-hybridized carbons (Fsp3) is 0.125. The van der Waals surface area contributed by atoms with Crippen LogP contribution in [0.3, 0.4) is 0 Å². The summed E-state index contributed by atoms with van der Waals surface area (Å²) >= 11 is 3.18. The fourth-order valence-corrected chi connectivity index (χ4v) is 2.53. The molecule has 0 spiro atoms. The Morgan fingerprint density at radius 1 is 1.33 bits per heavy atom. The van der Waals surface area contributed by atoms with Gasteiger partial charge in [0.1, 0.15) is 11.6 Å². The molecule has 2 aromatic carbocycles. The Morgan fingerprint density at radius 3 is 2.88 bits per heavy atom. The molecule has 1 unspecified atom stereocenters. The number of nitrogens with one attached hydrogen (secondary N) is 2. The van der Waals surface area contributed by atoms with E-state index in [2.05, 4.69) is 26.2 Å². The second-order valence-corrected chi connectivity index (χ2v) is 5.90. The summed E-state index contributed by atoms with van der Waals surface area (Å²) in [6, 6.07) is 8.70. The van der Waals surface area contributed by atoms with Crippen molar-refractivity contribution in [3.63, 3.8) is 0 Å². The first-order valence-corrected chi connectivity index (χ1v) is 7.77. The highest BCUT2D eigenvalue weighted by atomic mass is 79.9. The van der Waals surface area contributed by atoms with Crippen molar-refractivity contribution >= 4 is 38.6 Å². The number of fused-ring (bicyclic) bond motifs is 1. The summed E-state index contributed by atoms with van der Waals surface area (Å²) in [5.74, 6) is -1.01. The van der Waals surface area contributed by atoms with Crippen LogP contribution < -0.4 is 15.8 Å². The summed E-state index contributed by atoms with van der Waals surface area (Å²) in [6.07, 6.45) is -0.814. The zero-order valence-electron chi connectivity index (χ0n) is 12.4. The van der Waals surface area contributed by atoms with Gasteiger partial charge in [0.25, 0.3) is 5.91 Å². The zero-order valence-corrected chi connectivity index (χ0v) is 14.0. The summed E-state index contributed by atoms with van der Waals surface area (Å²) < 4.78 is 23.9. The minimum Gasteiger partial charge on any atom is -0.480 e. The first-order valence-electron chi connectivity index (χ1n) is 6.98. The molecule has 0 bridgehead atoms. The van der Waals surface area contributed by atoms with Crippen molar-refractivity contribution in [1.82, 2.24) is 4.98 Å². The molecule has 0 aliphatic rings. The molecule has 1 amide bonds. The van der Waals surface area contributed by atoms with Gasteiger partial charge in [-0.3, -0.25) is 9.78 Å². The number of ether oxygens (including phenoxy) is 1. The van der Waals surface area contributed by atoms with Crippen molar-refractivity contribution in [2.45, 2.75) is 13.0 Å². The van der Waals surface area contributed by atoms with Gasteiger partial charge in [0, 0.05) is 5.69 Å². The van der Waals surface area contributed by atoms with Gasteiger partial charge < -0.3 is 14.5 Å². The summed E-state index contributed by atoms with van der Waals surface area (Å²) in [5, 5.41) is 2.68. The van der Waals surface area contributed by atoms with E-state index in [4.69, 9.17) is 9.15 Å². The maximum Gasteiger partial charge on any atom is 0.417 e. The molecule has 0 saturated heterocycles. The van der Waals surface area contributed by atoms with Crippen LogP contribution in [0.2, 0.25) is 0 Å². The smallest absolute Gasteiger partial charge is 0.417 e. The van der Waals surface area contributed by atoms with E-state index in [1.807, 2.05) is 0 Å². The SMILES string of the molecule is CC(Oc1ccc(F)cc1Br)C(=O)Nc1ccc2oc(=O)[nH]c2c1. The van der Waals surface area contributed by atoms with Gasteiger partial charge in [-0.1, -0.05) is 0 Å². The van der Waals surface area contributed by atoms with Gasteiger partial charge in [0.05, 0.1) is 9.99 Å². The van der Waals surface area contributed by atoms with Crippen LogP contribution in [0.5, 0.6) is 5.75 Å². The first kappa shape index (κ1) is 16.3. The van der Waals surface area contributed by atoms with Crippen molar-refractivity contribution < 1.29 is 18.3 Å². The van der Waals surface area contributed by atoms with Crippen molar-refractivity contribution in [3.05, 3.63) is 57.2 Å². The lowest BCUT2D eigenvalue weighted by Crippen LogP contribution is -2.30. The van der Waals surface area contributed by atoms with E-state index in [9.17, 15) is 14.0 Å². The molecular weight excluding hydrogens is 383 g/mol. The Bertz CT molecular complexity index is 966. The maximum absolute atomic E-state index is 13.1. The van der Waals surface area contributed by atoms with Crippen molar-refractivity contribution in [2.75, 3.05) is 5.32 Å². The number of carbonyl (C=O) groups is 1. The third kappa shape index (κ3) is 3.48. The van der Waals surface area contributed by atoms with E-state index in [1.54, 1.807) is 25.1 Å². The quantitative estimate of drug-likeness (QED) is 0.709. The minimum absolute atomic E-state index is 0.355. The monoisotopic (exact) mass is 394 g/mol. The molecule has 8 heteroatoms. The number of rotatable bonds is 4. The summed E-state index contributed by atoms with van der Waals surface area (Å²) in [6.45, 7) is 1.57. The van der Waals surface area contributed by atoms with E-state index < -0.39 is 23.6 Å². The molecule has 2 N–H and O–H groups in total. The highest BCUT2D eigenvalue weighted by Gasteiger charge is 2.17. The summed E-state index contributed by atoms with van der Waals surface area (Å²) in [7, 11) is 0.